The van der Waals surface area contributed by atoms with Crippen LogP contribution in [0.1, 0.15) is 18.4 Å². The van der Waals surface area contributed by atoms with Crippen LogP contribution in [0.3, 0.4) is 0 Å². The molecule has 0 heterocycles. The van der Waals surface area contributed by atoms with E-state index < -0.39 is 0 Å². The Morgan fingerprint density at radius 2 is 1.21 bits per heavy atom. The second-order valence-electron chi connectivity index (χ2n) is 6.67. The van der Waals surface area contributed by atoms with E-state index in [9.17, 15) is 0 Å². The van der Waals surface area contributed by atoms with Crippen LogP contribution in [0.4, 0.5) is 0 Å². The molecule has 5 aromatic carbocycles. The minimum atomic E-state index is 0.986. The molecule has 0 fully saturated rings. The minimum absolute atomic E-state index is 0.986. The normalized spacial score (nSPS) is 12.0. The number of rotatable bonds is 3. The summed E-state index contributed by atoms with van der Waals surface area (Å²) in [7, 11) is 0. The molecule has 0 saturated carbocycles. The van der Waals surface area contributed by atoms with Gasteiger partial charge in [-0.3, -0.25) is 0 Å². The molecular formula is C24H19. The average Bonchev–Trinajstić information content (AvgIpc) is 2.64. The minimum Gasteiger partial charge on any atom is -0.0610 e. The van der Waals surface area contributed by atoms with Crippen molar-refractivity contribution in [1.29, 1.82) is 0 Å². The number of benzene rings is 5. The first-order chi connectivity index (χ1) is 11.9. The van der Waals surface area contributed by atoms with Crippen molar-refractivity contribution in [2.45, 2.75) is 19.3 Å². The topological polar surface area (TPSA) is 0 Å². The molecule has 0 heteroatoms. The molecule has 0 aliphatic heterocycles. The summed E-state index contributed by atoms with van der Waals surface area (Å²) in [5, 5.41) is 11.1. The highest BCUT2D eigenvalue weighted by Crippen LogP contribution is 2.41. The van der Waals surface area contributed by atoms with Gasteiger partial charge in [0.2, 0.25) is 0 Å². The van der Waals surface area contributed by atoms with E-state index in [0.29, 0.717) is 0 Å². The zero-order chi connectivity index (χ0) is 16.1. The van der Waals surface area contributed by atoms with Gasteiger partial charge in [-0.2, -0.15) is 0 Å². The van der Waals surface area contributed by atoms with Crippen LogP contribution in [0, 0.1) is 6.92 Å². The summed E-state index contributed by atoms with van der Waals surface area (Å²) in [6.07, 6.45) is 3.22. The van der Waals surface area contributed by atoms with E-state index in [4.69, 9.17) is 0 Å². The maximum absolute atomic E-state index is 4.02. The Bertz CT molecular complexity index is 1180. The molecule has 0 unspecified atom stereocenters. The summed E-state index contributed by atoms with van der Waals surface area (Å²) in [5.74, 6) is 0. The highest BCUT2D eigenvalue weighted by atomic mass is 14.2. The molecule has 5 rings (SSSR count). The molecule has 1 radical (unpaired) electrons. The van der Waals surface area contributed by atoms with Crippen molar-refractivity contribution in [2.75, 3.05) is 0 Å². The zero-order valence-electron chi connectivity index (χ0n) is 13.7. The van der Waals surface area contributed by atoms with Crippen molar-refractivity contribution in [3.05, 3.63) is 79.2 Å². The first-order valence-electron chi connectivity index (χ1n) is 8.75. The van der Waals surface area contributed by atoms with Crippen molar-refractivity contribution in [2.24, 2.45) is 0 Å². The third-order valence-electron chi connectivity index (χ3n) is 5.29. The van der Waals surface area contributed by atoms with Crippen molar-refractivity contribution >= 4 is 43.1 Å². The van der Waals surface area contributed by atoms with Crippen LogP contribution in [0.2, 0.25) is 0 Å². The molecule has 0 aliphatic carbocycles. The third-order valence-corrected chi connectivity index (χ3v) is 5.29. The number of unbranched alkanes of at least 4 members (excludes halogenated alkanes) is 1. The van der Waals surface area contributed by atoms with Crippen LogP contribution in [0.25, 0.3) is 43.1 Å². The van der Waals surface area contributed by atoms with E-state index in [0.717, 1.165) is 19.3 Å². The van der Waals surface area contributed by atoms with Gasteiger partial charge < -0.3 is 0 Å². The fraction of sp³-hybridized carbons (Fsp3) is 0.125. The number of hydrogen-bond acceptors (Lipinski definition) is 0. The molecule has 0 aliphatic rings. The maximum Gasteiger partial charge on any atom is -0.00236 e. The van der Waals surface area contributed by atoms with Gasteiger partial charge in [0.25, 0.3) is 0 Å². The first kappa shape index (κ1) is 13.8. The van der Waals surface area contributed by atoms with Gasteiger partial charge in [-0.15, -0.1) is 0 Å². The average molecular weight is 307 g/mol. The second-order valence-corrected chi connectivity index (χ2v) is 6.67. The highest BCUT2D eigenvalue weighted by molar-refractivity contribution is 6.33. The Morgan fingerprint density at radius 1 is 0.583 bits per heavy atom. The summed E-state index contributed by atoms with van der Waals surface area (Å²) < 4.78 is 0. The SMILES string of the molecule is [CH2]CCCc1ccc2cccc3c4cccc5cccc(c1c23)c54. The van der Waals surface area contributed by atoms with E-state index >= 15 is 0 Å². The molecule has 115 valence electrons. The van der Waals surface area contributed by atoms with E-state index in [-0.39, 0.29) is 0 Å². The van der Waals surface area contributed by atoms with Gasteiger partial charge in [0, 0.05) is 0 Å². The molecule has 5 aromatic rings. The van der Waals surface area contributed by atoms with E-state index in [1.165, 1.54) is 48.7 Å². The van der Waals surface area contributed by atoms with Gasteiger partial charge in [0.1, 0.15) is 0 Å². The molecule has 0 atom stereocenters. The predicted octanol–water partition coefficient (Wildman–Crippen LogP) is 6.89. The number of fused-ring (bicyclic) bond motifs is 2. The van der Waals surface area contributed by atoms with Gasteiger partial charge in [0.05, 0.1) is 0 Å². The standard InChI is InChI=1S/C24H19/c1-2-3-7-17-14-15-18-10-5-12-20-19-11-4-8-16-9-6-13-21(22(16)19)24(17)23(18)20/h4-6,8-15H,1-3,7H2. The monoisotopic (exact) mass is 307 g/mol. The number of aryl methyl sites for hydroxylation is 1. The quantitative estimate of drug-likeness (QED) is 0.251. The van der Waals surface area contributed by atoms with Crippen LogP contribution >= 0.6 is 0 Å². The molecule has 0 spiro atoms. The lowest BCUT2D eigenvalue weighted by molar-refractivity contribution is 0.846. The van der Waals surface area contributed by atoms with Gasteiger partial charge in [-0.25, -0.2) is 0 Å². The summed E-state index contributed by atoms with van der Waals surface area (Å²) in [6, 6.07) is 24.7. The Morgan fingerprint density at radius 3 is 1.92 bits per heavy atom. The lowest BCUT2D eigenvalue weighted by atomic mass is 9.87. The first-order valence-corrected chi connectivity index (χ1v) is 8.75. The maximum atomic E-state index is 4.02. The molecule has 0 amide bonds. The molecule has 0 aromatic heterocycles. The Kier molecular flexibility index (Phi) is 2.99. The highest BCUT2D eigenvalue weighted by Gasteiger charge is 2.14. The second kappa shape index (κ2) is 5.21. The Labute approximate surface area is 142 Å². The fourth-order valence-electron chi connectivity index (χ4n) is 4.25. The van der Waals surface area contributed by atoms with Crippen LogP contribution in [-0.4, -0.2) is 0 Å². The van der Waals surface area contributed by atoms with E-state index in [1.807, 2.05) is 0 Å². The molecular weight excluding hydrogens is 288 g/mol. The van der Waals surface area contributed by atoms with Crippen molar-refractivity contribution in [1.82, 2.24) is 0 Å². The Balaban J connectivity index is 2.10. The lowest BCUT2D eigenvalue weighted by Gasteiger charge is -2.17. The molecule has 0 bridgehead atoms. The van der Waals surface area contributed by atoms with Crippen molar-refractivity contribution < 1.29 is 0 Å². The van der Waals surface area contributed by atoms with Crippen LogP contribution in [0.5, 0.6) is 0 Å². The van der Waals surface area contributed by atoms with Gasteiger partial charge in [-0.05, 0) is 61.5 Å². The molecule has 24 heavy (non-hydrogen) atoms. The predicted molar refractivity (Wildman–Crippen MR) is 106 cm³/mol. The van der Waals surface area contributed by atoms with E-state index in [1.54, 1.807) is 0 Å². The zero-order valence-corrected chi connectivity index (χ0v) is 13.7. The van der Waals surface area contributed by atoms with Gasteiger partial charge >= 0.3 is 0 Å². The van der Waals surface area contributed by atoms with Crippen molar-refractivity contribution in [3.63, 3.8) is 0 Å². The fourth-order valence-corrected chi connectivity index (χ4v) is 4.25. The lowest BCUT2D eigenvalue weighted by Crippen LogP contribution is -1.92. The largest absolute Gasteiger partial charge is 0.0610 e. The summed E-state index contributed by atoms with van der Waals surface area (Å²) >= 11 is 0. The summed E-state index contributed by atoms with van der Waals surface area (Å²) in [6.45, 7) is 4.02. The smallest absolute Gasteiger partial charge is 0.00236 e. The summed E-state index contributed by atoms with van der Waals surface area (Å²) in [5.41, 5.74) is 1.46. The third kappa shape index (κ3) is 1.80. The van der Waals surface area contributed by atoms with Gasteiger partial charge in [-0.1, -0.05) is 80.1 Å². The molecule has 0 saturated heterocycles. The van der Waals surface area contributed by atoms with Crippen LogP contribution < -0.4 is 0 Å². The Hall–Kier alpha value is -2.60. The molecule has 0 N–H and O–H groups in total. The van der Waals surface area contributed by atoms with Crippen molar-refractivity contribution in [3.8, 4) is 0 Å². The van der Waals surface area contributed by atoms with Crippen LogP contribution in [-0.2, 0) is 6.42 Å². The van der Waals surface area contributed by atoms with Crippen LogP contribution in [0.15, 0.2) is 66.7 Å². The van der Waals surface area contributed by atoms with E-state index in [2.05, 4.69) is 73.7 Å². The molecule has 0 nitrogen and oxygen atoms in total. The summed E-state index contributed by atoms with van der Waals surface area (Å²) in [4.78, 5) is 0. The van der Waals surface area contributed by atoms with Gasteiger partial charge in [0.15, 0.2) is 0 Å². The number of hydrogen-bond donors (Lipinski definition) is 0.